The summed E-state index contributed by atoms with van der Waals surface area (Å²) in [6.07, 6.45) is 4.99. The summed E-state index contributed by atoms with van der Waals surface area (Å²) in [5.41, 5.74) is 6.70. The first-order chi connectivity index (χ1) is 12.0. The van der Waals surface area contributed by atoms with Crippen LogP contribution in [-0.4, -0.2) is 41.8 Å². The molecule has 3 rings (SSSR count). The number of carbonyl (C=O) groups is 3. The minimum absolute atomic E-state index is 0.0103. The number of benzene rings is 1. The Hall–Kier alpha value is -2.21. The second-order valence-electron chi connectivity index (χ2n) is 7.08. The number of fused-ring (bicyclic) bond motifs is 1. The fourth-order valence-corrected chi connectivity index (χ4v) is 3.52. The molecule has 1 saturated carbocycles. The largest absolute Gasteiger partial charge is 0.352 e. The molecule has 0 bridgehead atoms. The Balaban J connectivity index is 1.78. The molecule has 1 aromatic rings. The van der Waals surface area contributed by atoms with Gasteiger partial charge < -0.3 is 11.1 Å². The molecule has 1 aliphatic carbocycles. The molecule has 3 amide bonds. The Bertz CT molecular complexity index is 695. The van der Waals surface area contributed by atoms with Gasteiger partial charge in [0.1, 0.15) is 0 Å². The predicted octanol–water partition coefficient (Wildman–Crippen LogP) is 1.94. The SMILES string of the molecule is CC(CN)CNC(=O)c1ccc2c(c1)C(=O)N(C1CCCCC1)C2=O. The molecule has 1 unspecified atom stereocenters. The number of rotatable bonds is 5. The second kappa shape index (κ2) is 7.35. The summed E-state index contributed by atoms with van der Waals surface area (Å²) in [5.74, 6) is -0.560. The van der Waals surface area contributed by atoms with Gasteiger partial charge in [-0.1, -0.05) is 26.2 Å². The normalized spacial score (nSPS) is 19.0. The Kier molecular flexibility index (Phi) is 5.18. The van der Waals surface area contributed by atoms with Gasteiger partial charge in [-0.05, 0) is 43.5 Å². The van der Waals surface area contributed by atoms with Gasteiger partial charge in [0.25, 0.3) is 17.7 Å². The van der Waals surface area contributed by atoms with Crippen molar-refractivity contribution in [3.05, 3.63) is 34.9 Å². The molecular weight excluding hydrogens is 318 g/mol. The molecule has 1 fully saturated rings. The highest BCUT2D eigenvalue weighted by Gasteiger charge is 2.40. The molecule has 134 valence electrons. The fourth-order valence-electron chi connectivity index (χ4n) is 3.52. The van der Waals surface area contributed by atoms with Crippen molar-refractivity contribution in [2.24, 2.45) is 11.7 Å². The van der Waals surface area contributed by atoms with Gasteiger partial charge in [-0.15, -0.1) is 0 Å². The zero-order valence-electron chi connectivity index (χ0n) is 14.6. The van der Waals surface area contributed by atoms with Gasteiger partial charge >= 0.3 is 0 Å². The minimum Gasteiger partial charge on any atom is -0.352 e. The van der Waals surface area contributed by atoms with Crippen LogP contribution in [0, 0.1) is 5.92 Å². The van der Waals surface area contributed by atoms with E-state index >= 15 is 0 Å². The van der Waals surface area contributed by atoms with E-state index in [9.17, 15) is 14.4 Å². The first kappa shape index (κ1) is 17.6. The van der Waals surface area contributed by atoms with Crippen LogP contribution >= 0.6 is 0 Å². The van der Waals surface area contributed by atoms with E-state index < -0.39 is 0 Å². The fraction of sp³-hybridized carbons (Fsp3) is 0.526. The van der Waals surface area contributed by atoms with Crippen LogP contribution in [0.4, 0.5) is 0 Å². The molecule has 0 aromatic heterocycles. The number of imide groups is 1. The van der Waals surface area contributed by atoms with Gasteiger partial charge in [0.05, 0.1) is 11.1 Å². The summed E-state index contributed by atoms with van der Waals surface area (Å²) in [6.45, 7) is 2.93. The van der Waals surface area contributed by atoms with Crippen molar-refractivity contribution in [3.63, 3.8) is 0 Å². The standard InChI is InChI=1S/C19H25N3O3/c1-12(10-20)11-21-17(23)13-7-8-15-16(9-13)19(25)22(18(15)24)14-5-3-2-4-6-14/h7-9,12,14H,2-6,10-11,20H2,1H3,(H,21,23). The molecule has 3 N–H and O–H groups in total. The molecule has 1 heterocycles. The van der Waals surface area contributed by atoms with Crippen molar-refractivity contribution in [2.75, 3.05) is 13.1 Å². The molecule has 0 radical (unpaired) electrons. The third-order valence-corrected chi connectivity index (χ3v) is 5.13. The number of carbonyl (C=O) groups excluding carboxylic acids is 3. The van der Waals surface area contributed by atoms with Crippen LogP contribution < -0.4 is 11.1 Å². The highest BCUT2D eigenvalue weighted by molar-refractivity contribution is 6.22. The van der Waals surface area contributed by atoms with E-state index in [1.54, 1.807) is 18.2 Å². The smallest absolute Gasteiger partial charge is 0.261 e. The second-order valence-corrected chi connectivity index (χ2v) is 7.08. The van der Waals surface area contributed by atoms with Crippen molar-refractivity contribution in [3.8, 4) is 0 Å². The van der Waals surface area contributed by atoms with Crippen molar-refractivity contribution in [1.29, 1.82) is 0 Å². The first-order valence-electron chi connectivity index (χ1n) is 9.03. The average molecular weight is 343 g/mol. The lowest BCUT2D eigenvalue weighted by Gasteiger charge is -2.29. The molecular formula is C19H25N3O3. The maximum atomic E-state index is 12.8. The summed E-state index contributed by atoms with van der Waals surface area (Å²) < 4.78 is 0. The highest BCUT2D eigenvalue weighted by Crippen LogP contribution is 2.31. The monoisotopic (exact) mass is 343 g/mol. The van der Waals surface area contributed by atoms with Gasteiger partial charge in [0, 0.05) is 18.2 Å². The third-order valence-electron chi connectivity index (χ3n) is 5.13. The van der Waals surface area contributed by atoms with E-state index in [1.165, 1.54) is 4.90 Å². The Morgan fingerprint density at radius 2 is 1.88 bits per heavy atom. The number of nitrogens with one attached hydrogen (secondary N) is 1. The number of hydrogen-bond donors (Lipinski definition) is 2. The molecule has 2 aliphatic rings. The number of nitrogens with zero attached hydrogens (tertiary/aromatic N) is 1. The Labute approximate surface area is 147 Å². The van der Waals surface area contributed by atoms with E-state index in [2.05, 4.69) is 5.32 Å². The lowest BCUT2D eigenvalue weighted by molar-refractivity contribution is 0.0549. The van der Waals surface area contributed by atoms with Gasteiger partial charge in [0.15, 0.2) is 0 Å². The number of nitrogens with two attached hydrogens (primary N) is 1. The van der Waals surface area contributed by atoms with Crippen LogP contribution in [0.3, 0.4) is 0 Å². The number of hydrogen-bond acceptors (Lipinski definition) is 4. The van der Waals surface area contributed by atoms with Crippen LogP contribution in [0.25, 0.3) is 0 Å². The number of amides is 3. The zero-order chi connectivity index (χ0) is 18.0. The highest BCUT2D eigenvalue weighted by atomic mass is 16.2. The summed E-state index contributed by atoms with van der Waals surface area (Å²) in [5, 5.41) is 2.81. The van der Waals surface area contributed by atoms with E-state index in [-0.39, 0.29) is 29.7 Å². The van der Waals surface area contributed by atoms with Crippen LogP contribution in [0.5, 0.6) is 0 Å². The van der Waals surface area contributed by atoms with Crippen LogP contribution in [-0.2, 0) is 0 Å². The molecule has 25 heavy (non-hydrogen) atoms. The summed E-state index contributed by atoms with van der Waals surface area (Å²) in [4.78, 5) is 39.1. The first-order valence-corrected chi connectivity index (χ1v) is 9.03. The van der Waals surface area contributed by atoms with Gasteiger partial charge in [-0.25, -0.2) is 0 Å². The van der Waals surface area contributed by atoms with Crippen LogP contribution in [0.1, 0.15) is 70.1 Å². The summed E-state index contributed by atoms with van der Waals surface area (Å²) in [7, 11) is 0. The van der Waals surface area contributed by atoms with E-state index in [4.69, 9.17) is 5.73 Å². The predicted molar refractivity (Wildman–Crippen MR) is 94.4 cm³/mol. The minimum atomic E-state index is -0.267. The molecule has 0 saturated heterocycles. The van der Waals surface area contributed by atoms with Crippen molar-refractivity contribution in [1.82, 2.24) is 10.2 Å². The maximum Gasteiger partial charge on any atom is 0.261 e. The quantitative estimate of drug-likeness (QED) is 0.799. The summed E-state index contributed by atoms with van der Waals surface area (Å²) >= 11 is 0. The van der Waals surface area contributed by atoms with E-state index in [0.29, 0.717) is 29.8 Å². The van der Waals surface area contributed by atoms with Crippen molar-refractivity contribution in [2.45, 2.75) is 45.1 Å². The van der Waals surface area contributed by atoms with E-state index in [0.717, 1.165) is 32.1 Å². The van der Waals surface area contributed by atoms with E-state index in [1.807, 2.05) is 6.92 Å². The third kappa shape index (κ3) is 3.44. The average Bonchev–Trinajstić information content (AvgIpc) is 2.90. The molecule has 6 heteroatoms. The maximum absolute atomic E-state index is 12.8. The van der Waals surface area contributed by atoms with Crippen LogP contribution in [0.2, 0.25) is 0 Å². The zero-order valence-corrected chi connectivity index (χ0v) is 14.6. The van der Waals surface area contributed by atoms with Crippen molar-refractivity contribution >= 4 is 17.7 Å². The van der Waals surface area contributed by atoms with Gasteiger partial charge in [-0.2, -0.15) is 0 Å². The summed E-state index contributed by atoms with van der Waals surface area (Å²) in [6, 6.07) is 4.74. The molecule has 6 nitrogen and oxygen atoms in total. The topological polar surface area (TPSA) is 92.5 Å². The molecule has 1 atom stereocenters. The Morgan fingerprint density at radius 3 is 2.56 bits per heavy atom. The Morgan fingerprint density at radius 1 is 1.20 bits per heavy atom. The lowest BCUT2D eigenvalue weighted by atomic mass is 9.94. The lowest BCUT2D eigenvalue weighted by Crippen LogP contribution is -2.40. The van der Waals surface area contributed by atoms with Crippen LogP contribution in [0.15, 0.2) is 18.2 Å². The molecule has 1 aliphatic heterocycles. The molecule has 1 aromatic carbocycles. The van der Waals surface area contributed by atoms with Gasteiger partial charge in [0.2, 0.25) is 0 Å². The van der Waals surface area contributed by atoms with Crippen molar-refractivity contribution < 1.29 is 14.4 Å². The molecule has 0 spiro atoms. The van der Waals surface area contributed by atoms with Gasteiger partial charge in [-0.3, -0.25) is 19.3 Å².